The van der Waals surface area contributed by atoms with E-state index in [0.717, 1.165) is 0 Å². The van der Waals surface area contributed by atoms with Crippen LogP contribution in [0.3, 0.4) is 0 Å². The quantitative estimate of drug-likeness (QED) is 0.776. The van der Waals surface area contributed by atoms with E-state index in [-0.39, 0.29) is 30.6 Å². The number of halogens is 3. The van der Waals surface area contributed by atoms with Gasteiger partial charge in [-0.15, -0.1) is 0 Å². The minimum atomic E-state index is -2.58. The van der Waals surface area contributed by atoms with Crippen molar-refractivity contribution < 1.29 is 18.4 Å². The zero-order chi connectivity index (χ0) is 21.3. The van der Waals surface area contributed by atoms with Gasteiger partial charge in [-0.25, -0.2) is 13.6 Å². The van der Waals surface area contributed by atoms with Gasteiger partial charge in [-0.1, -0.05) is 23.7 Å². The second-order valence-electron chi connectivity index (χ2n) is 8.41. The van der Waals surface area contributed by atoms with Crippen LogP contribution in [-0.4, -0.2) is 45.1 Å². The van der Waals surface area contributed by atoms with Crippen LogP contribution < -0.4 is 11.1 Å². The number of alkyl halides is 2. The van der Waals surface area contributed by atoms with E-state index >= 15 is 0 Å². The molecule has 2 heterocycles. The Morgan fingerprint density at radius 2 is 2.00 bits per heavy atom. The molecule has 30 heavy (non-hydrogen) atoms. The second kappa shape index (κ2) is 6.41. The summed E-state index contributed by atoms with van der Waals surface area (Å²) in [4.78, 5) is 26.4. The Labute approximate surface area is 176 Å². The van der Waals surface area contributed by atoms with Crippen LogP contribution in [0.2, 0.25) is 5.02 Å². The largest absolute Gasteiger partial charge is 0.365 e. The lowest BCUT2D eigenvalue weighted by atomic mass is 9.76. The van der Waals surface area contributed by atoms with Gasteiger partial charge in [0.15, 0.2) is 0 Å². The molecule has 0 atom stereocenters. The highest BCUT2D eigenvalue weighted by molar-refractivity contribution is 6.30. The Morgan fingerprint density at radius 3 is 2.63 bits per heavy atom. The molecule has 3 amide bonds. The third kappa shape index (κ3) is 2.94. The lowest BCUT2D eigenvalue weighted by Gasteiger charge is -2.38. The van der Waals surface area contributed by atoms with Crippen molar-refractivity contribution in [3.8, 4) is 11.3 Å². The highest BCUT2D eigenvalue weighted by atomic mass is 35.5. The van der Waals surface area contributed by atoms with Crippen LogP contribution in [0.15, 0.2) is 24.3 Å². The Kier molecular flexibility index (Phi) is 4.12. The predicted octanol–water partition coefficient (Wildman–Crippen LogP) is 3.02. The molecule has 0 bridgehead atoms. The molecule has 3 N–H and O–H groups in total. The Bertz CT molecular complexity index is 1060. The minimum absolute atomic E-state index is 0.0798. The smallest absolute Gasteiger partial charge is 0.318 e. The molecule has 10 heteroatoms. The molecule has 2 aliphatic carbocycles. The molecule has 2 aromatic rings. The summed E-state index contributed by atoms with van der Waals surface area (Å²) in [5.41, 5.74) is 6.65. The fraction of sp³-hybridized carbons (Fsp3) is 0.450. The summed E-state index contributed by atoms with van der Waals surface area (Å²) in [5, 5.41) is 7.87. The van der Waals surface area contributed by atoms with Gasteiger partial charge in [0.25, 0.3) is 11.8 Å². The molecule has 5 rings (SSSR count). The molecular formula is C20H20ClF2N5O2. The summed E-state index contributed by atoms with van der Waals surface area (Å²) >= 11 is 6.07. The van der Waals surface area contributed by atoms with Crippen LogP contribution in [-0.2, 0) is 13.1 Å². The maximum Gasteiger partial charge on any atom is 0.318 e. The topological polar surface area (TPSA) is 93.2 Å². The number of hydrogen-bond acceptors (Lipinski definition) is 3. The average molecular weight is 436 g/mol. The number of hydrogen-bond donors (Lipinski definition) is 2. The SMILES string of the molecule is NC(=O)c1c(-c2cccc(Cl)c2)nn2c1CN(C(=O)NC1CC3(C1)CC3(F)F)CC2. The maximum absolute atomic E-state index is 13.4. The van der Waals surface area contributed by atoms with Crippen LogP contribution >= 0.6 is 11.6 Å². The van der Waals surface area contributed by atoms with Crippen LogP contribution in [0, 0.1) is 5.41 Å². The van der Waals surface area contributed by atoms with Crippen molar-refractivity contribution in [1.29, 1.82) is 0 Å². The second-order valence-corrected chi connectivity index (χ2v) is 8.84. The number of primary amides is 1. The molecule has 3 aliphatic rings. The number of nitrogens with one attached hydrogen (secondary N) is 1. The van der Waals surface area contributed by atoms with Crippen molar-refractivity contribution in [3.05, 3.63) is 40.5 Å². The highest BCUT2D eigenvalue weighted by Crippen LogP contribution is 2.70. The maximum atomic E-state index is 13.4. The van der Waals surface area contributed by atoms with Crippen LogP contribution in [0.25, 0.3) is 11.3 Å². The summed E-state index contributed by atoms with van der Waals surface area (Å²) in [6.45, 7) is 0.948. The van der Waals surface area contributed by atoms with E-state index in [4.69, 9.17) is 17.3 Å². The van der Waals surface area contributed by atoms with E-state index in [9.17, 15) is 18.4 Å². The van der Waals surface area contributed by atoms with E-state index in [1.165, 1.54) is 0 Å². The Hall–Kier alpha value is -2.68. The number of nitrogens with zero attached hydrogens (tertiary/aromatic N) is 3. The number of fused-ring (bicyclic) bond motifs is 1. The van der Waals surface area contributed by atoms with Gasteiger partial charge in [0.1, 0.15) is 5.69 Å². The number of urea groups is 1. The molecule has 1 spiro atoms. The molecule has 158 valence electrons. The van der Waals surface area contributed by atoms with E-state index in [1.54, 1.807) is 33.8 Å². The third-order valence-corrected chi connectivity index (χ3v) is 6.66. The van der Waals surface area contributed by atoms with E-state index in [2.05, 4.69) is 10.4 Å². The first-order valence-corrected chi connectivity index (χ1v) is 10.2. The van der Waals surface area contributed by atoms with Gasteiger partial charge >= 0.3 is 6.03 Å². The molecular weight excluding hydrogens is 416 g/mol. The van der Waals surface area contributed by atoms with Gasteiger partial charge in [0.05, 0.1) is 24.3 Å². The van der Waals surface area contributed by atoms with Crippen LogP contribution in [0.1, 0.15) is 35.3 Å². The lowest BCUT2D eigenvalue weighted by Crippen LogP contribution is -2.53. The Balaban J connectivity index is 1.33. The number of benzene rings is 1. The number of amides is 3. The highest BCUT2D eigenvalue weighted by Gasteiger charge is 2.75. The fourth-order valence-electron chi connectivity index (χ4n) is 4.66. The van der Waals surface area contributed by atoms with Gasteiger partial charge in [-0.2, -0.15) is 5.10 Å². The first-order valence-electron chi connectivity index (χ1n) is 9.78. The lowest BCUT2D eigenvalue weighted by molar-refractivity contribution is 0.0149. The minimum Gasteiger partial charge on any atom is -0.365 e. The first kappa shape index (κ1) is 19.3. The van der Waals surface area contributed by atoms with Crippen LogP contribution in [0.4, 0.5) is 13.6 Å². The van der Waals surface area contributed by atoms with Crippen molar-refractivity contribution in [3.63, 3.8) is 0 Å². The zero-order valence-corrected chi connectivity index (χ0v) is 16.8. The number of rotatable bonds is 3. The van der Waals surface area contributed by atoms with Crippen LogP contribution in [0.5, 0.6) is 0 Å². The van der Waals surface area contributed by atoms with Crippen molar-refractivity contribution in [2.75, 3.05) is 6.54 Å². The summed E-state index contributed by atoms with van der Waals surface area (Å²) < 4.78 is 28.4. The molecule has 1 aromatic heterocycles. The van der Waals surface area contributed by atoms with Crippen molar-refractivity contribution in [1.82, 2.24) is 20.0 Å². The average Bonchev–Trinajstić information content (AvgIpc) is 3.06. The number of carbonyl (C=O) groups is 2. The molecule has 2 fully saturated rings. The first-order chi connectivity index (χ1) is 14.2. The monoisotopic (exact) mass is 435 g/mol. The van der Waals surface area contributed by atoms with Gasteiger partial charge < -0.3 is 16.0 Å². The molecule has 0 unspecified atom stereocenters. The summed E-state index contributed by atoms with van der Waals surface area (Å²) in [6, 6.07) is 6.40. The van der Waals surface area contributed by atoms with Gasteiger partial charge in [0.2, 0.25) is 0 Å². The standard InChI is InChI=1S/C20H20ClF2N5O2/c21-12-3-1-2-11(6-12)16-15(17(24)29)14-9-27(4-5-28(14)26-16)18(30)25-13-7-19(8-13)10-20(19,22)23/h1-3,6,13H,4-5,7-10H2,(H2,24,29)(H,25,30). The van der Waals surface area contributed by atoms with Gasteiger partial charge in [0, 0.05) is 35.0 Å². The predicted molar refractivity (Wildman–Crippen MR) is 105 cm³/mol. The Morgan fingerprint density at radius 1 is 1.27 bits per heavy atom. The van der Waals surface area contributed by atoms with Crippen molar-refractivity contribution >= 4 is 23.5 Å². The molecule has 1 aliphatic heterocycles. The fourth-order valence-corrected chi connectivity index (χ4v) is 4.85. The summed E-state index contributed by atoms with van der Waals surface area (Å²) in [6.07, 6.45) is 0.537. The molecule has 1 aromatic carbocycles. The molecule has 0 saturated heterocycles. The van der Waals surface area contributed by atoms with Crippen molar-refractivity contribution in [2.24, 2.45) is 11.1 Å². The number of aromatic nitrogens is 2. The van der Waals surface area contributed by atoms with Gasteiger partial charge in [-0.05, 0) is 25.0 Å². The molecule has 2 saturated carbocycles. The zero-order valence-electron chi connectivity index (χ0n) is 16.0. The molecule has 7 nitrogen and oxygen atoms in total. The number of carbonyl (C=O) groups excluding carboxylic acids is 2. The summed E-state index contributed by atoms with van der Waals surface area (Å²) in [7, 11) is 0. The third-order valence-electron chi connectivity index (χ3n) is 6.42. The molecule has 0 radical (unpaired) electrons. The van der Waals surface area contributed by atoms with Crippen molar-refractivity contribution in [2.45, 2.75) is 44.3 Å². The number of nitrogens with two attached hydrogens (primary N) is 1. The van der Waals surface area contributed by atoms with E-state index < -0.39 is 17.2 Å². The summed E-state index contributed by atoms with van der Waals surface area (Å²) in [5.74, 6) is -3.22. The van der Waals surface area contributed by atoms with E-state index in [1.807, 2.05) is 0 Å². The normalized spacial score (nSPS) is 26.1. The van der Waals surface area contributed by atoms with Gasteiger partial charge in [-0.3, -0.25) is 9.48 Å². The van der Waals surface area contributed by atoms with E-state index in [0.29, 0.717) is 47.9 Å².